The Morgan fingerprint density at radius 2 is 2.00 bits per heavy atom. The number of rotatable bonds is 6. The average Bonchev–Trinajstić information content (AvgIpc) is 2.12. The van der Waals surface area contributed by atoms with E-state index < -0.39 is 28.6 Å². The van der Waals surface area contributed by atoms with Crippen molar-refractivity contribution in [1.82, 2.24) is 5.32 Å². The van der Waals surface area contributed by atoms with E-state index in [1.807, 2.05) is 0 Å². The fourth-order valence-corrected chi connectivity index (χ4v) is 1.13. The summed E-state index contributed by atoms with van der Waals surface area (Å²) >= 11 is 0. The van der Waals surface area contributed by atoms with Crippen LogP contribution < -0.4 is 5.32 Å². The summed E-state index contributed by atoms with van der Waals surface area (Å²) in [6.07, 6.45) is -0.800. The number of nitro groups is 1. The van der Waals surface area contributed by atoms with Crippen molar-refractivity contribution >= 4 is 12.1 Å². The largest absolute Gasteiger partial charge is 0.480 e. The van der Waals surface area contributed by atoms with Gasteiger partial charge in [-0.3, -0.25) is 10.1 Å². The van der Waals surface area contributed by atoms with E-state index in [1.54, 1.807) is 20.8 Å². The summed E-state index contributed by atoms with van der Waals surface area (Å²) in [6.45, 7) is 4.61. The summed E-state index contributed by atoms with van der Waals surface area (Å²) < 4.78 is 4.90. The van der Waals surface area contributed by atoms with Gasteiger partial charge in [0, 0.05) is 11.3 Å². The predicted molar refractivity (Wildman–Crippen MR) is 61.9 cm³/mol. The maximum absolute atomic E-state index is 11.3. The standard InChI is InChI=1S/C10H18N2O6/c1-10(2,3)18-9(15)11-7(8(13)14)5-4-6-12(16)17/h7H,4-6H2,1-3H3,(H,11,15)(H,13,14)/t7-/m1/s1. The van der Waals surface area contributed by atoms with Gasteiger partial charge in [0.25, 0.3) is 0 Å². The van der Waals surface area contributed by atoms with Crippen LogP contribution in [0, 0.1) is 10.1 Å². The molecule has 0 heterocycles. The number of carboxylic acids is 1. The number of carbonyl (C=O) groups excluding carboxylic acids is 1. The lowest BCUT2D eigenvalue weighted by molar-refractivity contribution is -0.480. The second-order valence-electron chi connectivity index (χ2n) is 4.74. The highest BCUT2D eigenvalue weighted by Gasteiger charge is 2.23. The van der Waals surface area contributed by atoms with Crippen LogP contribution in [-0.4, -0.2) is 40.3 Å². The number of nitrogens with zero attached hydrogens (tertiary/aromatic N) is 1. The number of ether oxygens (including phenoxy) is 1. The van der Waals surface area contributed by atoms with Gasteiger partial charge in [0.15, 0.2) is 0 Å². The van der Waals surface area contributed by atoms with Gasteiger partial charge >= 0.3 is 12.1 Å². The van der Waals surface area contributed by atoms with Gasteiger partial charge in [-0.05, 0) is 27.2 Å². The molecule has 0 radical (unpaired) electrons. The van der Waals surface area contributed by atoms with Crippen LogP contribution in [0.2, 0.25) is 0 Å². The van der Waals surface area contributed by atoms with Crippen LogP contribution in [0.4, 0.5) is 4.79 Å². The highest BCUT2D eigenvalue weighted by Crippen LogP contribution is 2.07. The minimum Gasteiger partial charge on any atom is -0.480 e. The van der Waals surface area contributed by atoms with E-state index >= 15 is 0 Å². The van der Waals surface area contributed by atoms with Gasteiger partial charge < -0.3 is 15.2 Å². The first kappa shape index (κ1) is 16.1. The Bertz CT molecular complexity index is 323. The molecular weight excluding hydrogens is 244 g/mol. The zero-order chi connectivity index (χ0) is 14.3. The number of hydrogen-bond donors (Lipinski definition) is 2. The van der Waals surface area contributed by atoms with Crippen molar-refractivity contribution in [1.29, 1.82) is 0 Å². The predicted octanol–water partition coefficient (Wildman–Crippen LogP) is 1.02. The first-order valence-electron chi connectivity index (χ1n) is 5.46. The van der Waals surface area contributed by atoms with E-state index in [1.165, 1.54) is 0 Å². The first-order valence-corrected chi connectivity index (χ1v) is 5.46. The molecule has 104 valence electrons. The molecule has 0 aliphatic carbocycles. The van der Waals surface area contributed by atoms with E-state index in [2.05, 4.69) is 5.32 Å². The maximum Gasteiger partial charge on any atom is 0.408 e. The monoisotopic (exact) mass is 262 g/mol. The number of nitrogens with one attached hydrogen (secondary N) is 1. The molecule has 0 aliphatic heterocycles. The number of alkyl carbamates (subject to hydrolysis) is 1. The Morgan fingerprint density at radius 1 is 1.44 bits per heavy atom. The summed E-state index contributed by atoms with van der Waals surface area (Å²) in [5, 5.41) is 21.1. The number of carbonyl (C=O) groups is 2. The Labute approximate surface area is 104 Å². The molecule has 18 heavy (non-hydrogen) atoms. The van der Waals surface area contributed by atoms with E-state index in [0.717, 1.165) is 0 Å². The van der Waals surface area contributed by atoms with Crippen LogP contribution in [0.1, 0.15) is 33.6 Å². The number of amides is 1. The summed E-state index contributed by atoms with van der Waals surface area (Å²) in [4.78, 5) is 31.7. The third-order valence-corrected chi connectivity index (χ3v) is 1.82. The minimum atomic E-state index is -1.25. The van der Waals surface area contributed by atoms with Gasteiger partial charge in [-0.2, -0.15) is 0 Å². The second kappa shape index (κ2) is 6.77. The number of carboxylic acid groups (broad SMARTS) is 1. The van der Waals surface area contributed by atoms with Crippen molar-refractivity contribution in [3.05, 3.63) is 10.1 Å². The van der Waals surface area contributed by atoms with Crippen LogP contribution in [0.15, 0.2) is 0 Å². The van der Waals surface area contributed by atoms with E-state index in [0.29, 0.717) is 0 Å². The molecule has 1 atom stereocenters. The lowest BCUT2D eigenvalue weighted by Crippen LogP contribution is -2.43. The molecule has 0 saturated heterocycles. The third kappa shape index (κ3) is 8.31. The summed E-state index contributed by atoms with van der Waals surface area (Å²) in [7, 11) is 0. The zero-order valence-corrected chi connectivity index (χ0v) is 10.6. The smallest absolute Gasteiger partial charge is 0.408 e. The Hall–Kier alpha value is -1.86. The molecular formula is C10H18N2O6. The molecule has 0 fully saturated rings. The zero-order valence-electron chi connectivity index (χ0n) is 10.6. The Morgan fingerprint density at radius 3 is 2.39 bits per heavy atom. The fourth-order valence-electron chi connectivity index (χ4n) is 1.13. The van der Waals surface area contributed by atoms with Crippen LogP contribution in [0.3, 0.4) is 0 Å². The van der Waals surface area contributed by atoms with Gasteiger partial charge in [0.2, 0.25) is 6.54 Å². The van der Waals surface area contributed by atoms with Crippen molar-refractivity contribution in [2.75, 3.05) is 6.54 Å². The van der Waals surface area contributed by atoms with Crippen molar-refractivity contribution in [3.8, 4) is 0 Å². The molecule has 0 saturated carbocycles. The van der Waals surface area contributed by atoms with Crippen LogP contribution >= 0.6 is 0 Å². The van der Waals surface area contributed by atoms with Gasteiger partial charge in [0.1, 0.15) is 11.6 Å². The lowest BCUT2D eigenvalue weighted by atomic mass is 10.1. The molecule has 0 unspecified atom stereocenters. The molecule has 0 aromatic carbocycles. The first-order chi connectivity index (χ1) is 8.11. The molecule has 0 aromatic rings. The molecule has 0 aliphatic rings. The quantitative estimate of drug-likeness (QED) is 0.545. The molecule has 0 rings (SSSR count). The van der Waals surface area contributed by atoms with Gasteiger partial charge in [-0.15, -0.1) is 0 Å². The fraction of sp³-hybridized carbons (Fsp3) is 0.800. The van der Waals surface area contributed by atoms with E-state index in [4.69, 9.17) is 9.84 Å². The lowest BCUT2D eigenvalue weighted by Gasteiger charge is -2.21. The van der Waals surface area contributed by atoms with Crippen molar-refractivity contribution < 1.29 is 24.4 Å². The van der Waals surface area contributed by atoms with Gasteiger partial charge in [-0.1, -0.05) is 0 Å². The molecule has 0 aromatic heterocycles. The average molecular weight is 262 g/mol. The molecule has 8 nitrogen and oxygen atoms in total. The normalized spacial score (nSPS) is 12.6. The molecule has 8 heteroatoms. The summed E-state index contributed by atoms with van der Waals surface area (Å²) in [5.74, 6) is -1.25. The van der Waals surface area contributed by atoms with Crippen molar-refractivity contribution in [3.63, 3.8) is 0 Å². The highest BCUT2D eigenvalue weighted by molar-refractivity contribution is 5.79. The highest BCUT2D eigenvalue weighted by atomic mass is 16.6. The minimum absolute atomic E-state index is 0.0183. The van der Waals surface area contributed by atoms with Crippen molar-refractivity contribution in [2.45, 2.75) is 45.3 Å². The Kier molecular flexibility index (Phi) is 6.07. The topological polar surface area (TPSA) is 119 Å². The molecule has 0 spiro atoms. The third-order valence-electron chi connectivity index (χ3n) is 1.82. The van der Waals surface area contributed by atoms with Crippen molar-refractivity contribution in [2.24, 2.45) is 0 Å². The van der Waals surface area contributed by atoms with E-state index in [-0.39, 0.29) is 19.4 Å². The van der Waals surface area contributed by atoms with Crippen LogP contribution in [0.5, 0.6) is 0 Å². The Balaban J connectivity index is 4.23. The second-order valence-corrected chi connectivity index (χ2v) is 4.74. The summed E-state index contributed by atoms with van der Waals surface area (Å²) in [6, 6.07) is -1.18. The van der Waals surface area contributed by atoms with Crippen LogP contribution in [-0.2, 0) is 9.53 Å². The maximum atomic E-state index is 11.3. The molecule has 0 bridgehead atoms. The number of hydrogen-bond acceptors (Lipinski definition) is 5. The molecule has 1 amide bonds. The SMILES string of the molecule is CC(C)(C)OC(=O)N[C@H](CCC[N+](=O)[O-])C(=O)O. The van der Waals surface area contributed by atoms with Gasteiger partial charge in [0.05, 0.1) is 0 Å². The van der Waals surface area contributed by atoms with Crippen LogP contribution in [0.25, 0.3) is 0 Å². The molecule has 2 N–H and O–H groups in total. The van der Waals surface area contributed by atoms with E-state index in [9.17, 15) is 19.7 Å². The summed E-state index contributed by atoms with van der Waals surface area (Å²) in [5.41, 5.74) is -0.728. The number of aliphatic carboxylic acids is 1. The van der Waals surface area contributed by atoms with Gasteiger partial charge in [-0.25, -0.2) is 9.59 Å².